The van der Waals surface area contributed by atoms with E-state index in [9.17, 15) is 9.59 Å². The number of pyridine rings is 1. The molecule has 0 unspecified atom stereocenters. The Morgan fingerprint density at radius 1 is 1.62 bits per heavy atom. The van der Waals surface area contributed by atoms with Crippen LogP contribution in [0.2, 0.25) is 0 Å². The lowest BCUT2D eigenvalue weighted by Gasteiger charge is -2.02. The van der Waals surface area contributed by atoms with Crippen molar-refractivity contribution in [2.24, 2.45) is 0 Å². The standard InChI is InChI=1S/C10H10N2O3S/c1-2-12-4-3-7-8(9(12)13)6(5-16-7)11-10(14)15/h3-5,11H,2H2,1H3,(H,14,15). The van der Waals surface area contributed by atoms with Crippen LogP contribution in [0.5, 0.6) is 0 Å². The largest absolute Gasteiger partial charge is 0.465 e. The third-order valence-corrected chi connectivity index (χ3v) is 3.23. The number of rotatable bonds is 2. The van der Waals surface area contributed by atoms with Gasteiger partial charge in [-0.05, 0) is 13.0 Å². The molecular formula is C10H10N2O3S. The maximum Gasteiger partial charge on any atom is 0.409 e. The molecule has 0 saturated carbocycles. The number of amides is 1. The van der Waals surface area contributed by atoms with Crippen molar-refractivity contribution in [1.29, 1.82) is 0 Å². The molecule has 2 aromatic rings. The van der Waals surface area contributed by atoms with Gasteiger partial charge in [0.25, 0.3) is 5.56 Å². The monoisotopic (exact) mass is 238 g/mol. The molecule has 0 bridgehead atoms. The van der Waals surface area contributed by atoms with E-state index in [-0.39, 0.29) is 5.56 Å². The Bertz CT molecular complexity index is 600. The van der Waals surface area contributed by atoms with Gasteiger partial charge in [0.2, 0.25) is 0 Å². The molecule has 2 rings (SSSR count). The van der Waals surface area contributed by atoms with Gasteiger partial charge in [-0.15, -0.1) is 11.3 Å². The maximum absolute atomic E-state index is 12.0. The molecule has 0 aliphatic rings. The van der Waals surface area contributed by atoms with Crippen LogP contribution in [0.4, 0.5) is 10.5 Å². The first-order valence-electron chi connectivity index (χ1n) is 4.74. The summed E-state index contributed by atoms with van der Waals surface area (Å²) < 4.78 is 2.33. The predicted octanol–water partition coefficient (Wildman–Crippen LogP) is 2.17. The Morgan fingerprint density at radius 2 is 2.38 bits per heavy atom. The van der Waals surface area contributed by atoms with Crippen LogP contribution < -0.4 is 10.9 Å². The van der Waals surface area contributed by atoms with Crippen LogP contribution >= 0.6 is 11.3 Å². The molecule has 0 atom stereocenters. The summed E-state index contributed by atoms with van der Waals surface area (Å²) in [5.74, 6) is 0. The van der Waals surface area contributed by atoms with Gasteiger partial charge in [0, 0.05) is 22.8 Å². The highest BCUT2D eigenvalue weighted by Crippen LogP contribution is 2.26. The Morgan fingerprint density at radius 3 is 3.00 bits per heavy atom. The summed E-state index contributed by atoms with van der Waals surface area (Å²) in [6, 6.07) is 1.82. The van der Waals surface area contributed by atoms with Crippen molar-refractivity contribution in [2.75, 3.05) is 5.32 Å². The van der Waals surface area contributed by atoms with Crippen LogP contribution in [0.3, 0.4) is 0 Å². The summed E-state index contributed by atoms with van der Waals surface area (Å²) in [4.78, 5) is 22.5. The zero-order valence-corrected chi connectivity index (χ0v) is 9.37. The number of hydrogen-bond acceptors (Lipinski definition) is 3. The number of anilines is 1. The van der Waals surface area contributed by atoms with E-state index >= 15 is 0 Å². The minimum atomic E-state index is -1.16. The van der Waals surface area contributed by atoms with E-state index in [1.807, 2.05) is 13.0 Å². The van der Waals surface area contributed by atoms with Gasteiger partial charge in [-0.2, -0.15) is 0 Å². The Hall–Kier alpha value is -1.82. The quantitative estimate of drug-likeness (QED) is 0.842. The lowest BCUT2D eigenvalue weighted by atomic mass is 10.3. The molecule has 0 spiro atoms. The highest BCUT2D eigenvalue weighted by atomic mass is 32.1. The van der Waals surface area contributed by atoms with Crippen LogP contribution in [-0.2, 0) is 6.54 Å². The van der Waals surface area contributed by atoms with E-state index in [1.54, 1.807) is 16.1 Å². The van der Waals surface area contributed by atoms with Crippen molar-refractivity contribution >= 4 is 33.2 Å². The molecule has 0 radical (unpaired) electrons. The molecule has 2 aromatic heterocycles. The van der Waals surface area contributed by atoms with Crippen LogP contribution in [0.25, 0.3) is 10.1 Å². The van der Waals surface area contributed by atoms with Gasteiger partial charge >= 0.3 is 6.09 Å². The zero-order valence-electron chi connectivity index (χ0n) is 8.56. The lowest BCUT2D eigenvalue weighted by Crippen LogP contribution is -2.19. The third-order valence-electron chi connectivity index (χ3n) is 2.28. The summed E-state index contributed by atoms with van der Waals surface area (Å²) in [7, 11) is 0. The molecule has 2 N–H and O–H groups in total. The van der Waals surface area contributed by atoms with Crippen molar-refractivity contribution in [3.8, 4) is 0 Å². The SMILES string of the molecule is CCn1ccc2scc(NC(=O)O)c2c1=O. The molecule has 0 aliphatic carbocycles. The normalized spacial score (nSPS) is 10.6. The molecule has 0 saturated heterocycles. The van der Waals surface area contributed by atoms with E-state index in [0.29, 0.717) is 17.6 Å². The predicted molar refractivity (Wildman–Crippen MR) is 63.4 cm³/mol. The minimum Gasteiger partial charge on any atom is -0.465 e. The molecule has 5 nitrogen and oxygen atoms in total. The Labute approximate surface area is 94.9 Å². The average Bonchev–Trinajstić information content (AvgIpc) is 2.62. The van der Waals surface area contributed by atoms with Crippen molar-refractivity contribution < 1.29 is 9.90 Å². The second-order valence-electron chi connectivity index (χ2n) is 3.23. The van der Waals surface area contributed by atoms with Crippen molar-refractivity contribution in [3.05, 3.63) is 28.0 Å². The molecule has 0 fully saturated rings. The summed E-state index contributed by atoms with van der Waals surface area (Å²) in [6.07, 6.45) is 0.553. The highest BCUT2D eigenvalue weighted by molar-refractivity contribution is 7.17. The topological polar surface area (TPSA) is 71.3 Å². The smallest absolute Gasteiger partial charge is 0.409 e. The Balaban J connectivity index is 2.69. The Kier molecular flexibility index (Phi) is 2.66. The van der Waals surface area contributed by atoms with Crippen molar-refractivity contribution in [2.45, 2.75) is 13.5 Å². The molecule has 16 heavy (non-hydrogen) atoms. The van der Waals surface area contributed by atoms with Crippen molar-refractivity contribution in [3.63, 3.8) is 0 Å². The lowest BCUT2D eigenvalue weighted by molar-refractivity contribution is 0.210. The molecule has 2 heterocycles. The molecule has 1 amide bonds. The summed E-state index contributed by atoms with van der Waals surface area (Å²) in [5, 5.41) is 13.0. The second kappa shape index (κ2) is 3.97. The average molecular weight is 238 g/mol. The van der Waals surface area contributed by atoms with Crippen molar-refractivity contribution in [1.82, 2.24) is 4.57 Å². The van der Waals surface area contributed by atoms with E-state index in [4.69, 9.17) is 5.11 Å². The van der Waals surface area contributed by atoms with Gasteiger partial charge in [-0.1, -0.05) is 0 Å². The molecule has 0 aliphatic heterocycles. The van der Waals surface area contributed by atoms with Gasteiger partial charge < -0.3 is 9.67 Å². The van der Waals surface area contributed by atoms with Gasteiger partial charge in [0.05, 0.1) is 11.1 Å². The van der Waals surface area contributed by atoms with E-state index < -0.39 is 6.09 Å². The second-order valence-corrected chi connectivity index (χ2v) is 4.14. The van der Waals surface area contributed by atoms with Crippen LogP contribution in [0.15, 0.2) is 22.4 Å². The van der Waals surface area contributed by atoms with Gasteiger partial charge in [-0.3, -0.25) is 10.1 Å². The number of nitrogens with one attached hydrogen (secondary N) is 1. The summed E-state index contributed by atoms with van der Waals surface area (Å²) in [6.45, 7) is 2.43. The number of thiophene rings is 1. The summed E-state index contributed by atoms with van der Waals surface area (Å²) in [5.41, 5.74) is 0.199. The molecular weight excluding hydrogens is 228 g/mol. The fourth-order valence-electron chi connectivity index (χ4n) is 1.54. The minimum absolute atomic E-state index is 0.162. The van der Waals surface area contributed by atoms with E-state index in [2.05, 4.69) is 5.32 Å². The van der Waals surface area contributed by atoms with Gasteiger partial charge in [-0.25, -0.2) is 4.79 Å². The molecule has 84 valence electrons. The van der Waals surface area contributed by atoms with E-state index in [1.165, 1.54) is 11.3 Å². The highest BCUT2D eigenvalue weighted by Gasteiger charge is 2.11. The first-order chi connectivity index (χ1) is 7.63. The van der Waals surface area contributed by atoms with Crippen LogP contribution in [-0.4, -0.2) is 15.8 Å². The fraction of sp³-hybridized carbons (Fsp3) is 0.200. The summed E-state index contributed by atoms with van der Waals surface area (Å²) >= 11 is 1.35. The fourth-order valence-corrected chi connectivity index (χ4v) is 2.42. The molecule has 0 aromatic carbocycles. The molecule has 6 heteroatoms. The van der Waals surface area contributed by atoms with Crippen LogP contribution in [0, 0.1) is 0 Å². The number of fused-ring (bicyclic) bond motifs is 1. The first-order valence-corrected chi connectivity index (χ1v) is 5.62. The number of carboxylic acid groups (broad SMARTS) is 1. The number of nitrogens with zero attached hydrogens (tertiary/aromatic N) is 1. The van der Waals surface area contributed by atoms with Gasteiger partial charge in [0.15, 0.2) is 0 Å². The third kappa shape index (κ3) is 1.67. The number of aryl methyl sites for hydroxylation is 1. The number of hydrogen-bond donors (Lipinski definition) is 2. The van der Waals surface area contributed by atoms with E-state index in [0.717, 1.165) is 4.70 Å². The van der Waals surface area contributed by atoms with Crippen LogP contribution in [0.1, 0.15) is 6.92 Å². The first kappa shape index (κ1) is 10.7. The zero-order chi connectivity index (χ0) is 11.7. The number of carbonyl (C=O) groups is 1. The number of aromatic nitrogens is 1. The van der Waals surface area contributed by atoms with Gasteiger partial charge in [0.1, 0.15) is 0 Å². The maximum atomic E-state index is 12.0.